The van der Waals surface area contributed by atoms with Crippen molar-refractivity contribution in [3.05, 3.63) is 0 Å². The summed E-state index contributed by atoms with van der Waals surface area (Å²) in [5, 5.41) is 10.2. The van der Waals surface area contributed by atoms with Crippen molar-refractivity contribution < 1.29 is 24.2 Å². The highest BCUT2D eigenvalue weighted by Gasteiger charge is 2.53. The summed E-state index contributed by atoms with van der Waals surface area (Å²) in [5.74, 6) is -0.460. The molecule has 4 atom stereocenters. The summed E-state index contributed by atoms with van der Waals surface area (Å²) < 4.78 is 11.6. The molecule has 2 fully saturated rings. The van der Waals surface area contributed by atoms with Crippen LogP contribution < -0.4 is 0 Å². The highest BCUT2D eigenvalue weighted by Crippen LogP contribution is 2.49. The topological polar surface area (TPSA) is 72.8 Å². The third-order valence-corrected chi connectivity index (χ3v) is 5.63. The van der Waals surface area contributed by atoms with Crippen LogP contribution >= 0.6 is 0 Å². The Bertz CT molecular complexity index is 499. The molecule has 5 nitrogen and oxygen atoms in total. The number of ether oxygens (including phenoxy) is 2. The van der Waals surface area contributed by atoms with Crippen molar-refractivity contribution in [2.75, 3.05) is 6.61 Å². The monoisotopic (exact) mass is 340 g/mol. The molecule has 2 aliphatic rings. The van der Waals surface area contributed by atoms with E-state index in [4.69, 9.17) is 9.47 Å². The number of aliphatic hydroxyl groups is 1. The zero-order valence-electron chi connectivity index (χ0n) is 15.8. The normalized spacial score (nSPS) is 34.6. The minimum Gasteiger partial charge on any atom is -0.464 e. The molecule has 24 heavy (non-hydrogen) atoms. The molecule has 0 amide bonds. The molecule has 0 aromatic carbocycles. The van der Waals surface area contributed by atoms with Crippen LogP contribution in [-0.4, -0.2) is 41.3 Å². The minimum atomic E-state index is -0.892. The smallest absolute Gasteiger partial charge is 0.311 e. The Morgan fingerprint density at radius 1 is 1.29 bits per heavy atom. The van der Waals surface area contributed by atoms with Crippen LogP contribution in [0.3, 0.4) is 0 Å². The van der Waals surface area contributed by atoms with E-state index in [1.165, 1.54) is 0 Å². The lowest BCUT2D eigenvalue weighted by atomic mass is 9.61. The molecule has 0 spiro atoms. The lowest BCUT2D eigenvalue weighted by Crippen LogP contribution is -2.57. The summed E-state index contributed by atoms with van der Waals surface area (Å²) in [7, 11) is 0. The van der Waals surface area contributed by atoms with Crippen LogP contribution in [0.2, 0.25) is 0 Å². The SMILES string of the molecule is CC(C)(C)C(=O)OCC1C(=O)CC[C@H]2O[C@@H](C(C)(C)O)CC[C@]12C. The predicted octanol–water partition coefficient (Wildman–Crippen LogP) is 2.88. The lowest BCUT2D eigenvalue weighted by molar-refractivity contribution is -0.212. The highest BCUT2D eigenvalue weighted by molar-refractivity contribution is 5.83. The first-order chi connectivity index (χ1) is 10.9. The fourth-order valence-electron chi connectivity index (χ4n) is 3.82. The van der Waals surface area contributed by atoms with Crippen LogP contribution in [0.25, 0.3) is 0 Å². The van der Waals surface area contributed by atoms with E-state index in [2.05, 4.69) is 6.92 Å². The molecule has 1 aliphatic carbocycles. The van der Waals surface area contributed by atoms with Crippen LogP contribution in [-0.2, 0) is 19.1 Å². The van der Waals surface area contributed by atoms with Gasteiger partial charge in [-0.3, -0.25) is 9.59 Å². The van der Waals surface area contributed by atoms with E-state index >= 15 is 0 Å². The third kappa shape index (κ3) is 3.83. The summed E-state index contributed by atoms with van der Waals surface area (Å²) in [6.07, 6.45) is 2.30. The first-order valence-electron chi connectivity index (χ1n) is 8.93. The van der Waals surface area contributed by atoms with E-state index in [-0.39, 0.29) is 41.9 Å². The van der Waals surface area contributed by atoms with Gasteiger partial charge < -0.3 is 14.6 Å². The van der Waals surface area contributed by atoms with Gasteiger partial charge in [-0.2, -0.15) is 0 Å². The van der Waals surface area contributed by atoms with Crippen molar-refractivity contribution in [3.63, 3.8) is 0 Å². The second-order valence-electron chi connectivity index (χ2n) is 9.22. The average Bonchev–Trinajstić information content (AvgIpc) is 2.43. The zero-order chi connectivity index (χ0) is 18.3. The van der Waals surface area contributed by atoms with E-state index < -0.39 is 11.0 Å². The molecule has 1 saturated heterocycles. The molecule has 138 valence electrons. The number of carbonyl (C=O) groups excluding carboxylic acids is 2. The maximum Gasteiger partial charge on any atom is 0.311 e. The van der Waals surface area contributed by atoms with E-state index in [9.17, 15) is 14.7 Å². The fraction of sp³-hybridized carbons (Fsp3) is 0.895. The van der Waals surface area contributed by atoms with Gasteiger partial charge in [0.2, 0.25) is 0 Å². The molecule has 5 heteroatoms. The first-order valence-corrected chi connectivity index (χ1v) is 8.93. The van der Waals surface area contributed by atoms with Crippen LogP contribution in [0.5, 0.6) is 0 Å². The van der Waals surface area contributed by atoms with Gasteiger partial charge in [0.1, 0.15) is 12.4 Å². The average molecular weight is 340 g/mol. The molecule has 1 N–H and O–H groups in total. The molecule has 0 bridgehead atoms. The molecule has 1 unspecified atom stereocenters. The number of fused-ring (bicyclic) bond motifs is 1. The Morgan fingerprint density at radius 2 is 1.92 bits per heavy atom. The molecule has 0 aromatic heterocycles. The van der Waals surface area contributed by atoms with Crippen LogP contribution in [0.15, 0.2) is 0 Å². The number of hydrogen-bond donors (Lipinski definition) is 1. The number of ketones is 1. The van der Waals surface area contributed by atoms with E-state index in [0.29, 0.717) is 19.3 Å². The Hall–Kier alpha value is -0.940. The fourth-order valence-corrected chi connectivity index (χ4v) is 3.82. The molecular formula is C19H32O5. The van der Waals surface area contributed by atoms with Gasteiger partial charge in [-0.05, 0) is 53.9 Å². The van der Waals surface area contributed by atoms with E-state index in [1.807, 2.05) is 0 Å². The lowest BCUT2D eigenvalue weighted by Gasteiger charge is -2.52. The third-order valence-electron chi connectivity index (χ3n) is 5.63. The molecule has 0 aromatic rings. The van der Waals surface area contributed by atoms with Crippen LogP contribution in [0.4, 0.5) is 0 Å². The maximum atomic E-state index is 12.5. The van der Waals surface area contributed by atoms with Crippen molar-refractivity contribution in [2.45, 2.75) is 85.0 Å². The van der Waals surface area contributed by atoms with Gasteiger partial charge in [-0.15, -0.1) is 0 Å². The Kier molecular flexibility index (Phi) is 5.18. The molecule has 1 aliphatic heterocycles. The van der Waals surface area contributed by atoms with Crippen LogP contribution in [0, 0.1) is 16.7 Å². The second kappa shape index (κ2) is 6.41. The number of Topliss-reactive ketones (excluding diaryl/α,β-unsaturated/α-hetero) is 1. The molecule has 1 heterocycles. The maximum absolute atomic E-state index is 12.5. The van der Waals surface area contributed by atoms with Gasteiger partial charge in [0.15, 0.2) is 0 Å². The minimum absolute atomic E-state index is 0.0845. The summed E-state index contributed by atoms with van der Waals surface area (Å²) in [6.45, 7) is 11.1. The van der Waals surface area contributed by atoms with Crippen molar-refractivity contribution >= 4 is 11.8 Å². The summed E-state index contributed by atoms with van der Waals surface area (Å²) in [6, 6.07) is 0. The predicted molar refractivity (Wildman–Crippen MR) is 90.4 cm³/mol. The second-order valence-corrected chi connectivity index (χ2v) is 9.22. The van der Waals surface area contributed by atoms with Crippen molar-refractivity contribution in [3.8, 4) is 0 Å². The van der Waals surface area contributed by atoms with E-state index in [0.717, 1.165) is 6.42 Å². The Labute approximate surface area is 145 Å². The van der Waals surface area contributed by atoms with Gasteiger partial charge in [0.25, 0.3) is 0 Å². The number of carbonyl (C=O) groups is 2. The van der Waals surface area contributed by atoms with Gasteiger partial charge in [-0.25, -0.2) is 0 Å². The summed E-state index contributed by atoms with van der Waals surface area (Å²) in [4.78, 5) is 24.6. The van der Waals surface area contributed by atoms with Gasteiger partial charge in [-0.1, -0.05) is 6.92 Å². The van der Waals surface area contributed by atoms with Gasteiger partial charge >= 0.3 is 5.97 Å². The number of hydrogen-bond acceptors (Lipinski definition) is 5. The molecule has 0 radical (unpaired) electrons. The molecular weight excluding hydrogens is 308 g/mol. The number of rotatable bonds is 3. The highest BCUT2D eigenvalue weighted by atomic mass is 16.5. The Morgan fingerprint density at radius 3 is 2.46 bits per heavy atom. The summed E-state index contributed by atoms with van der Waals surface area (Å²) in [5.41, 5.74) is -1.81. The first kappa shape index (κ1) is 19.4. The zero-order valence-corrected chi connectivity index (χ0v) is 15.8. The number of esters is 1. The molecule has 1 saturated carbocycles. The quantitative estimate of drug-likeness (QED) is 0.800. The standard InChI is InChI=1S/C19H32O5/c1-17(2,3)16(21)23-11-12-13(20)7-8-15-19(12,6)10-9-14(24-15)18(4,5)22/h12,14-15,22H,7-11H2,1-6H3/t12?,14-,15-,19-/m1/s1. The van der Waals surface area contributed by atoms with Crippen molar-refractivity contribution in [1.82, 2.24) is 0 Å². The Balaban J connectivity index is 2.11. The van der Waals surface area contributed by atoms with Crippen LogP contribution in [0.1, 0.15) is 67.2 Å². The van der Waals surface area contributed by atoms with Gasteiger partial charge in [0.05, 0.1) is 29.1 Å². The van der Waals surface area contributed by atoms with Crippen molar-refractivity contribution in [1.29, 1.82) is 0 Å². The largest absolute Gasteiger partial charge is 0.464 e. The molecule has 2 rings (SSSR count). The van der Waals surface area contributed by atoms with Crippen molar-refractivity contribution in [2.24, 2.45) is 16.7 Å². The van der Waals surface area contributed by atoms with Gasteiger partial charge in [0, 0.05) is 11.8 Å². The van der Waals surface area contributed by atoms with E-state index in [1.54, 1.807) is 34.6 Å². The summed E-state index contributed by atoms with van der Waals surface area (Å²) >= 11 is 0.